The molecular formula is C15H25N3O2S. The van der Waals surface area contributed by atoms with E-state index in [0.29, 0.717) is 18.5 Å². The van der Waals surface area contributed by atoms with E-state index in [0.717, 1.165) is 42.8 Å². The Morgan fingerprint density at radius 3 is 2.76 bits per heavy atom. The first kappa shape index (κ1) is 16.2. The van der Waals surface area contributed by atoms with Crippen LogP contribution in [0.2, 0.25) is 0 Å². The van der Waals surface area contributed by atoms with Crippen LogP contribution in [0, 0.1) is 12.8 Å². The zero-order valence-electron chi connectivity index (χ0n) is 12.8. The third kappa shape index (κ3) is 4.68. The van der Waals surface area contributed by atoms with Gasteiger partial charge in [0.05, 0.1) is 10.7 Å². The third-order valence-corrected chi connectivity index (χ3v) is 5.09. The van der Waals surface area contributed by atoms with E-state index in [4.69, 9.17) is 5.11 Å². The van der Waals surface area contributed by atoms with Gasteiger partial charge in [-0.3, -0.25) is 0 Å². The van der Waals surface area contributed by atoms with Gasteiger partial charge in [0.2, 0.25) is 0 Å². The van der Waals surface area contributed by atoms with Gasteiger partial charge in [0.15, 0.2) is 0 Å². The molecule has 2 N–H and O–H groups in total. The summed E-state index contributed by atoms with van der Waals surface area (Å²) in [5.41, 5.74) is 1.05. The number of carbonyl (C=O) groups excluding carboxylic acids is 1. The molecule has 2 rings (SSSR count). The second-order valence-corrected chi connectivity index (χ2v) is 6.87. The number of rotatable bonds is 5. The van der Waals surface area contributed by atoms with Gasteiger partial charge in [0, 0.05) is 38.0 Å². The lowest BCUT2D eigenvalue weighted by Gasteiger charge is -2.34. The molecule has 1 aliphatic carbocycles. The monoisotopic (exact) mass is 311 g/mol. The van der Waals surface area contributed by atoms with Crippen molar-refractivity contribution in [3.63, 3.8) is 0 Å². The Morgan fingerprint density at radius 2 is 2.19 bits per heavy atom. The molecule has 21 heavy (non-hydrogen) atoms. The first-order chi connectivity index (χ1) is 10.1. The van der Waals surface area contributed by atoms with E-state index in [2.05, 4.69) is 10.3 Å². The number of amides is 2. The van der Waals surface area contributed by atoms with Crippen LogP contribution >= 0.6 is 11.3 Å². The molecule has 1 aromatic rings. The fourth-order valence-electron chi connectivity index (χ4n) is 2.83. The van der Waals surface area contributed by atoms with Gasteiger partial charge in [-0.1, -0.05) is 0 Å². The van der Waals surface area contributed by atoms with Crippen molar-refractivity contribution >= 4 is 17.4 Å². The summed E-state index contributed by atoms with van der Waals surface area (Å²) in [4.78, 5) is 18.3. The predicted octanol–water partition coefficient (Wildman–Crippen LogP) is 2.19. The van der Waals surface area contributed by atoms with Crippen LogP contribution in [0.5, 0.6) is 0 Å². The Hall–Kier alpha value is -1.14. The number of carbonyl (C=O) groups is 1. The number of nitrogens with zero attached hydrogens (tertiary/aromatic N) is 2. The van der Waals surface area contributed by atoms with E-state index in [9.17, 15) is 4.79 Å². The first-order valence-electron chi connectivity index (χ1n) is 7.62. The smallest absolute Gasteiger partial charge is 0.317 e. The minimum absolute atomic E-state index is 0.00519. The van der Waals surface area contributed by atoms with Crippen molar-refractivity contribution in [1.29, 1.82) is 0 Å². The number of urea groups is 1. The van der Waals surface area contributed by atoms with Crippen molar-refractivity contribution in [2.45, 2.75) is 45.1 Å². The fraction of sp³-hybridized carbons (Fsp3) is 0.733. The van der Waals surface area contributed by atoms with E-state index >= 15 is 0 Å². The van der Waals surface area contributed by atoms with Crippen molar-refractivity contribution in [2.24, 2.45) is 5.92 Å². The number of aryl methyl sites for hydroxylation is 1. The second-order valence-electron chi connectivity index (χ2n) is 5.81. The van der Waals surface area contributed by atoms with E-state index in [1.54, 1.807) is 11.3 Å². The summed E-state index contributed by atoms with van der Waals surface area (Å²) in [6.07, 6.45) is 4.77. The lowest BCUT2D eigenvalue weighted by Crippen LogP contribution is -2.45. The molecule has 0 aliphatic heterocycles. The molecule has 0 atom stereocenters. The number of nitrogens with one attached hydrogen (secondary N) is 1. The Labute approximate surface area is 130 Å². The first-order valence-corrected chi connectivity index (χ1v) is 8.50. The molecule has 0 bridgehead atoms. The van der Waals surface area contributed by atoms with Crippen molar-refractivity contribution in [3.05, 3.63) is 16.1 Å². The quantitative estimate of drug-likeness (QED) is 0.876. The fourth-order valence-corrected chi connectivity index (χ4v) is 3.47. The van der Waals surface area contributed by atoms with Gasteiger partial charge in [0.1, 0.15) is 0 Å². The molecule has 2 amide bonds. The van der Waals surface area contributed by atoms with Gasteiger partial charge in [-0.2, -0.15) is 0 Å². The highest BCUT2D eigenvalue weighted by molar-refractivity contribution is 7.09. The van der Waals surface area contributed by atoms with Crippen LogP contribution in [-0.4, -0.2) is 47.3 Å². The maximum Gasteiger partial charge on any atom is 0.317 e. The molecule has 0 unspecified atom stereocenters. The summed E-state index contributed by atoms with van der Waals surface area (Å²) >= 11 is 1.64. The largest absolute Gasteiger partial charge is 0.396 e. The number of hydrogen-bond donors (Lipinski definition) is 2. The van der Waals surface area contributed by atoms with E-state index in [1.807, 2.05) is 24.3 Å². The lowest BCUT2D eigenvalue weighted by atomic mass is 9.86. The highest BCUT2D eigenvalue weighted by Gasteiger charge is 2.25. The molecule has 1 heterocycles. The van der Waals surface area contributed by atoms with Gasteiger partial charge in [-0.15, -0.1) is 11.3 Å². The molecule has 0 saturated heterocycles. The van der Waals surface area contributed by atoms with E-state index in [1.165, 1.54) is 0 Å². The average Bonchev–Trinajstić information content (AvgIpc) is 2.92. The predicted molar refractivity (Wildman–Crippen MR) is 84.5 cm³/mol. The molecule has 0 spiro atoms. The maximum atomic E-state index is 12.1. The van der Waals surface area contributed by atoms with Crippen LogP contribution in [-0.2, 0) is 6.42 Å². The molecule has 0 radical (unpaired) electrons. The Bertz CT molecular complexity index is 456. The molecule has 1 aromatic heterocycles. The number of hydrogen-bond acceptors (Lipinski definition) is 4. The number of aliphatic hydroxyl groups excluding tert-OH is 1. The molecule has 0 aromatic carbocycles. The van der Waals surface area contributed by atoms with Crippen molar-refractivity contribution in [3.8, 4) is 0 Å². The lowest BCUT2D eigenvalue weighted by molar-refractivity contribution is 0.134. The van der Waals surface area contributed by atoms with Crippen LogP contribution < -0.4 is 5.32 Å². The van der Waals surface area contributed by atoms with Crippen molar-refractivity contribution in [2.75, 3.05) is 20.2 Å². The second kappa shape index (κ2) is 7.75. The number of thiazole rings is 1. The van der Waals surface area contributed by atoms with Crippen molar-refractivity contribution < 1.29 is 9.90 Å². The summed E-state index contributed by atoms with van der Waals surface area (Å²) < 4.78 is 0. The Balaban J connectivity index is 1.70. The van der Waals surface area contributed by atoms with Crippen LogP contribution in [0.4, 0.5) is 4.79 Å². The van der Waals surface area contributed by atoms with Crippen LogP contribution in [0.1, 0.15) is 36.4 Å². The summed E-state index contributed by atoms with van der Waals surface area (Å²) in [5.74, 6) is 0.422. The van der Waals surface area contributed by atoms with Gasteiger partial charge in [0.25, 0.3) is 0 Å². The summed E-state index contributed by atoms with van der Waals surface area (Å²) in [6, 6.07) is 0.295. The SMILES string of the molecule is Cc1nc(CCNC(=O)N(C)C2CCC(CO)CC2)cs1. The molecule has 1 saturated carbocycles. The molecule has 118 valence electrons. The Morgan fingerprint density at radius 1 is 1.48 bits per heavy atom. The average molecular weight is 311 g/mol. The summed E-state index contributed by atoms with van der Waals surface area (Å²) in [7, 11) is 1.87. The molecule has 1 aliphatic rings. The Kier molecular flexibility index (Phi) is 5.99. The number of aromatic nitrogens is 1. The number of aliphatic hydroxyl groups is 1. The highest BCUT2D eigenvalue weighted by atomic mass is 32.1. The summed E-state index contributed by atoms with van der Waals surface area (Å²) in [5, 5.41) is 15.2. The maximum absolute atomic E-state index is 12.1. The summed E-state index contributed by atoms with van der Waals surface area (Å²) in [6.45, 7) is 2.89. The minimum Gasteiger partial charge on any atom is -0.396 e. The zero-order valence-corrected chi connectivity index (χ0v) is 13.7. The molecule has 5 nitrogen and oxygen atoms in total. The van der Waals surface area contributed by atoms with Gasteiger partial charge < -0.3 is 15.3 Å². The molecule has 1 fully saturated rings. The van der Waals surface area contributed by atoms with Crippen LogP contribution in [0.3, 0.4) is 0 Å². The molecular weight excluding hydrogens is 286 g/mol. The topological polar surface area (TPSA) is 65.5 Å². The molecule has 6 heteroatoms. The third-order valence-electron chi connectivity index (χ3n) is 4.27. The highest BCUT2D eigenvalue weighted by Crippen LogP contribution is 2.26. The van der Waals surface area contributed by atoms with Gasteiger partial charge >= 0.3 is 6.03 Å². The zero-order chi connectivity index (χ0) is 15.2. The van der Waals surface area contributed by atoms with Crippen molar-refractivity contribution in [1.82, 2.24) is 15.2 Å². The van der Waals surface area contributed by atoms with Crippen LogP contribution in [0.15, 0.2) is 5.38 Å². The normalized spacial score (nSPS) is 22.0. The van der Waals surface area contributed by atoms with Gasteiger partial charge in [-0.05, 0) is 38.5 Å². The standard InChI is InChI=1S/C15H25N3O2S/c1-11-17-13(10-21-11)7-8-16-15(20)18(2)14-5-3-12(9-19)4-6-14/h10,12,14,19H,3-9H2,1-2H3,(H,16,20). The van der Waals surface area contributed by atoms with E-state index < -0.39 is 0 Å². The minimum atomic E-state index is -0.00519. The van der Waals surface area contributed by atoms with E-state index in [-0.39, 0.29) is 12.6 Å². The van der Waals surface area contributed by atoms with Gasteiger partial charge in [-0.25, -0.2) is 9.78 Å². The van der Waals surface area contributed by atoms with Crippen LogP contribution in [0.25, 0.3) is 0 Å².